The number of hydrogen-bond donors (Lipinski definition) is 5. The maximum Gasteiger partial charge on any atom is 0.192 e. The summed E-state index contributed by atoms with van der Waals surface area (Å²) in [6, 6.07) is 0. The summed E-state index contributed by atoms with van der Waals surface area (Å²) in [6.07, 6.45) is -0.931. The molecular weight excluding hydrogens is 232 g/mol. The van der Waals surface area contributed by atoms with Crippen LogP contribution in [0.2, 0.25) is 0 Å². The van der Waals surface area contributed by atoms with E-state index < -0.39 is 12.5 Å². The van der Waals surface area contributed by atoms with Gasteiger partial charge in [0.1, 0.15) is 0 Å². The van der Waals surface area contributed by atoms with E-state index in [-0.39, 0.29) is 23.2 Å². The summed E-state index contributed by atoms with van der Waals surface area (Å²) >= 11 is 1.45. The van der Waals surface area contributed by atoms with Gasteiger partial charge in [-0.1, -0.05) is 0 Å². The zero-order chi connectivity index (χ0) is 11.7. The van der Waals surface area contributed by atoms with E-state index in [4.69, 9.17) is 10.8 Å². The van der Waals surface area contributed by atoms with Gasteiger partial charge in [-0.15, -0.1) is 11.8 Å². The molecule has 0 aromatic rings. The van der Waals surface area contributed by atoms with Crippen LogP contribution in [0.15, 0.2) is 4.99 Å². The van der Waals surface area contributed by atoms with Gasteiger partial charge in [-0.05, 0) is 6.42 Å². The highest BCUT2D eigenvalue weighted by molar-refractivity contribution is 8.00. The minimum absolute atomic E-state index is 0.0634. The Morgan fingerprint density at radius 3 is 2.88 bits per heavy atom. The number of nitrogens with one attached hydrogen (secondary N) is 1. The molecule has 6 N–H and O–H groups in total. The molecule has 0 spiro atoms. The van der Waals surface area contributed by atoms with Crippen LogP contribution in [0.1, 0.15) is 6.42 Å². The number of nitrogens with zero attached hydrogens (tertiary/aromatic N) is 2. The highest BCUT2D eigenvalue weighted by atomic mass is 32.2. The molecule has 8 heteroatoms. The van der Waals surface area contributed by atoms with Gasteiger partial charge in [0.25, 0.3) is 0 Å². The van der Waals surface area contributed by atoms with Crippen molar-refractivity contribution in [3.8, 4) is 0 Å². The Kier molecular flexibility index (Phi) is 3.55. The Morgan fingerprint density at radius 2 is 2.31 bits per heavy atom. The monoisotopic (exact) mass is 248 g/mol. The molecule has 0 aliphatic carbocycles. The molecule has 2 heterocycles. The second-order valence-electron chi connectivity index (χ2n) is 3.83. The number of nitrogens with two attached hydrogens (primary N) is 1. The van der Waals surface area contributed by atoms with Gasteiger partial charge >= 0.3 is 0 Å². The van der Waals surface area contributed by atoms with Crippen molar-refractivity contribution in [3.05, 3.63) is 0 Å². The van der Waals surface area contributed by atoms with Gasteiger partial charge in [-0.25, -0.2) is 9.89 Å². The summed E-state index contributed by atoms with van der Waals surface area (Å²) in [5.41, 5.74) is 5.42. The van der Waals surface area contributed by atoms with Crippen molar-refractivity contribution in [2.75, 3.05) is 13.3 Å². The normalized spacial score (nSPS) is 40.6. The molecule has 0 aromatic carbocycles. The van der Waals surface area contributed by atoms with Crippen LogP contribution in [0.5, 0.6) is 0 Å². The molecule has 0 saturated carbocycles. The maximum absolute atomic E-state index is 9.74. The Balaban J connectivity index is 1.99. The van der Waals surface area contributed by atoms with Gasteiger partial charge in [-0.2, -0.15) is 0 Å². The Morgan fingerprint density at radius 1 is 1.56 bits per heavy atom. The van der Waals surface area contributed by atoms with Crippen LogP contribution in [-0.4, -0.2) is 62.5 Å². The number of guanidine groups is 1. The van der Waals surface area contributed by atoms with Crippen LogP contribution >= 0.6 is 11.8 Å². The second-order valence-corrected chi connectivity index (χ2v) is 5.25. The van der Waals surface area contributed by atoms with Crippen molar-refractivity contribution in [1.82, 2.24) is 10.2 Å². The van der Waals surface area contributed by atoms with Crippen LogP contribution < -0.4 is 11.1 Å². The van der Waals surface area contributed by atoms with Crippen LogP contribution in [0.4, 0.5) is 0 Å². The predicted octanol–water partition coefficient (Wildman–Crippen LogP) is -2.38. The highest BCUT2D eigenvalue weighted by Gasteiger charge is 2.39. The molecule has 2 aliphatic rings. The molecule has 16 heavy (non-hydrogen) atoms. The average Bonchev–Trinajstić information content (AvgIpc) is 2.59. The van der Waals surface area contributed by atoms with Gasteiger partial charge in [0.15, 0.2) is 12.3 Å². The quantitative estimate of drug-likeness (QED) is 0.371. The molecule has 4 atom stereocenters. The van der Waals surface area contributed by atoms with Crippen molar-refractivity contribution in [2.45, 2.75) is 29.5 Å². The molecule has 0 radical (unpaired) electrons. The SMILES string of the molecule is NC1=NCN(C2CC(O)C(CO)S2)C(O)N1. The fraction of sp³-hybridized carbons (Fsp3) is 0.875. The lowest BCUT2D eigenvalue weighted by molar-refractivity contribution is -0.0257. The zero-order valence-corrected chi connectivity index (χ0v) is 9.47. The molecular formula is C8H16N4O3S. The topological polar surface area (TPSA) is 114 Å². The number of aliphatic imine (C=N–C) groups is 1. The van der Waals surface area contributed by atoms with Crippen molar-refractivity contribution in [1.29, 1.82) is 0 Å². The molecule has 1 fully saturated rings. The first kappa shape index (κ1) is 11.9. The van der Waals surface area contributed by atoms with Crippen molar-refractivity contribution in [2.24, 2.45) is 10.7 Å². The largest absolute Gasteiger partial charge is 0.395 e. The van der Waals surface area contributed by atoms with Crippen molar-refractivity contribution >= 4 is 17.7 Å². The van der Waals surface area contributed by atoms with E-state index >= 15 is 0 Å². The van der Waals surface area contributed by atoms with Gasteiger partial charge in [0, 0.05) is 0 Å². The molecule has 2 aliphatic heterocycles. The summed E-state index contributed by atoms with van der Waals surface area (Å²) < 4.78 is 0. The minimum Gasteiger partial charge on any atom is -0.395 e. The smallest absolute Gasteiger partial charge is 0.192 e. The average molecular weight is 248 g/mol. The molecule has 2 rings (SSSR count). The van der Waals surface area contributed by atoms with Gasteiger partial charge < -0.3 is 26.4 Å². The molecule has 92 valence electrons. The Hall–Kier alpha value is -0.540. The summed E-state index contributed by atoms with van der Waals surface area (Å²) in [4.78, 5) is 5.67. The summed E-state index contributed by atoms with van der Waals surface area (Å²) in [6.45, 7) is 0.230. The molecule has 1 saturated heterocycles. The van der Waals surface area contributed by atoms with Gasteiger partial charge in [0.2, 0.25) is 0 Å². The number of aliphatic hydroxyl groups excluding tert-OH is 3. The molecule has 0 aromatic heterocycles. The summed E-state index contributed by atoms with van der Waals surface area (Å²) in [5.74, 6) is 0.214. The standard InChI is InChI=1S/C8H16N4O3S/c9-7-10-3-12(8(15)11-7)6-1-4(14)5(2-13)16-6/h4-6,8,13-15H,1-3H2,(H3,9,10,11). The van der Waals surface area contributed by atoms with Gasteiger partial charge in [-0.3, -0.25) is 0 Å². The van der Waals surface area contributed by atoms with Crippen molar-refractivity contribution < 1.29 is 15.3 Å². The predicted molar refractivity (Wildman–Crippen MR) is 60.3 cm³/mol. The number of rotatable bonds is 2. The first-order valence-corrected chi connectivity index (χ1v) is 6.00. The summed E-state index contributed by atoms with van der Waals surface area (Å²) in [7, 11) is 0. The first-order chi connectivity index (χ1) is 7.61. The first-order valence-electron chi connectivity index (χ1n) is 5.06. The molecule has 4 unspecified atom stereocenters. The third kappa shape index (κ3) is 2.25. The fourth-order valence-electron chi connectivity index (χ4n) is 1.83. The Bertz CT molecular complexity index is 290. The van der Waals surface area contributed by atoms with Crippen LogP contribution in [0, 0.1) is 0 Å². The van der Waals surface area contributed by atoms with E-state index in [2.05, 4.69) is 10.3 Å². The lowest BCUT2D eigenvalue weighted by Crippen LogP contribution is -2.57. The van der Waals surface area contributed by atoms with Crippen LogP contribution in [-0.2, 0) is 0 Å². The molecule has 7 nitrogen and oxygen atoms in total. The fourth-order valence-corrected chi connectivity index (χ4v) is 3.26. The van der Waals surface area contributed by atoms with E-state index in [1.807, 2.05) is 0 Å². The van der Waals surface area contributed by atoms with E-state index in [1.54, 1.807) is 4.90 Å². The van der Waals surface area contributed by atoms with Crippen LogP contribution in [0.3, 0.4) is 0 Å². The van der Waals surface area contributed by atoms with Gasteiger partial charge in [0.05, 0.1) is 30.0 Å². The number of thioether (sulfide) groups is 1. The van der Waals surface area contributed by atoms with E-state index in [9.17, 15) is 10.2 Å². The van der Waals surface area contributed by atoms with E-state index in [0.29, 0.717) is 13.1 Å². The number of aliphatic hydroxyl groups is 3. The van der Waals surface area contributed by atoms with E-state index in [0.717, 1.165) is 0 Å². The number of hydrogen-bond acceptors (Lipinski definition) is 8. The zero-order valence-electron chi connectivity index (χ0n) is 8.65. The highest BCUT2D eigenvalue weighted by Crippen LogP contribution is 2.36. The maximum atomic E-state index is 9.74. The van der Waals surface area contributed by atoms with Crippen molar-refractivity contribution in [3.63, 3.8) is 0 Å². The lowest BCUT2D eigenvalue weighted by Gasteiger charge is -2.34. The molecule has 0 bridgehead atoms. The third-order valence-corrected chi connectivity index (χ3v) is 4.34. The molecule has 0 amide bonds. The third-order valence-electron chi connectivity index (χ3n) is 2.75. The van der Waals surface area contributed by atoms with Crippen LogP contribution in [0.25, 0.3) is 0 Å². The van der Waals surface area contributed by atoms with E-state index in [1.165, 1.54) is 11.8 Å². The summed E-state index contributed by atoms with van der Waals surface area (Å²) in [5, 5.41) is 30.8. The Labute approximate surface area is 97.3 Å². The lowest BCUT2D eigenvalue weighted by atomic mass is 10.2. The second kappa shape index (κ2) is 4.76. The minimum atomic E-state index is -0.889.